The fourth-order valence-corrected chi connectivity index (χ4v) is 2.55. The predicted octanol–water partition coefficient (Wildman–Crippen LogP) is 4.33. The minimum atomic E-state index is -4.44. The van der Waals surface area contributed by atoms with E-state index in [1.54, 1.807) is 13.0 Å². The third-order valence-electron chi connectivity index (χ3n) is 2.57. The summed E-state index contributed by atoms with van der Waals surface area (Å²) in [6.07, 6.45) is -4.44. The summed E-state index contributed by atoms with van der Waals surface area (Å²) in [6, 6.07) is 3.92. The number of benzene rings is 1. The van der Waals surface area contributed by atoms with Crippen LogP contribution in [0.25, 0.3) is 10.9 Å². The number of hydrogen-bond acceptors (Lipinski definition) is 2. The third kappa shape index (κ3) is 2.16. The van der Waals surface area contributed by atoms with Gasteiger partial charge in [-0.25, -0.2) is 4.98 Å². The van der Waals surface area contributed by atoms with Gasteiger partial charge in [0.2, 0.25) is 0 Å². The number of alkyl halides is 3. The van der Waals surface area contributed by atoms with E-state index in [9.17, 15) is 13.2 Å². The van der Waals surface area contributed by atoms with Crippen molar-refractivity contribution in [1.29, 1.82) is 0 Å². The van der Waals surface area contributed by atoms with Crippen molar-refractivity contribution in [2.45, 2.75) is 13.1 Å². The highest BCUT2D eigenvalue weighted by molar-refractivity contribution is 9.10. The van der Waals surface area contributed by atoms with Gasteiger partial charge in [0.25, 0.3) is 0 Å². The molecule has 0 aliphatic rings. The lowest BCUT2D eigenvalue weighted by atomic mass is 10.1. The SMILES string of the molecule is COc1c(C)cc2nc(C(F)(F)F)ccc2c1Br. The fourth-order valence-electron chi connectivity index (χ4n) is 1.75. The van der Waals surface area contributed by atoms with Crippen LogP contribution in [0, 0.1) is 6.92 Å². The molecule has 2 nitrogen and oxygen atoms in total. The zero-order valence-electron chi connectivity index (χ0n) is 9.60. The van der Waals surface area contributed by atoms with E-state index in [0.29, 0.717) is 15.6 Å². The Morgan fingerprint density at radius 2 is 1.94 bits per heavy atom. The number of hydrogen-bond donors (Lipinski definition) is 0. The molecule has 1 heterocycles. The molecular weight excluding hydrogens is 311 g/mol. The van der Waals surface area contributed by atoms with Gasteiger partial charge in [0.05, 0.1) is 17.1 Å². The molecule has 0 saturated carbocycles. The fraction of sp³-hybridized carbons (Fsp3) is 0.250. The summed E-state index contributed by atoms with van der Waals surface area (Å²) in [5, 5.41) is 0.588. The molecule has 0 aliphatic carbocycles. The van der Waals surface area contributed by atoms with Gasteiger partial charge in [-0.3, -0.25) is 0 Å². The van der Waals surface area contributed by atoms with Crippen molar-refractivity contribution in [3.05, 3.63) is 33.9 Å². The summed E-state index contributed by atoms with van der Waals surface area (Å²) in [5.74, 6) is 0.601. The summed E-state index contributed by atoms with van der Waals surface area (Å²) in [6.45, 7) is 1.75. The first kappa shape index (κ1) is 13.1. The van der Waals surface area contributed by atoms with E-state index in [1.807, 2.05) is 0 Å². The molecule has 2 rings (SSSR count). The Bertz CT molecular complexity index is 610. The van der Waals surface area contributed by atoms with Gasteiger partial charge in [-0.1, -0.05) is 0 Å². The van der Waals surface area contributed by atoms with Gasteiger partial charge in [0.15, 0.2) is 0 Å². The second-order valence-electron chi connectivity index (χ2n) is 3.80. The van der Waals surface area contributed by atoms with Crippen LogP contribution in [0.4, 0.5) is 13.2 Å². The van der Waals surface area contributed by atoms with E-state index in [2.05, 4.69) is 20.9 Å². The molecule has 1 aromatic carbocycles. The largest absolute Gasteiger partial charge is 0.495 e. The van der Waals surface area contributed by atoms with E-state index in [1.165, 1.54) is 13.2 Å². The lowest BCUT2D eigenvalue weighted by Gasteiger charge is -2.12. The van der Waals surface area contributed by atoms with Crippen molar-refractivity contribution in [3.63, 3.8) is 0 Å². The normalized spacial score (nSPS) is 11.9. The average Bonchev–Trinajstić information content (AvgIpc) is 2.27. The van der Waals surface area contributed by atoms with E-state index < -0.39 is 11.9 Å². The van der Waals surface area contributed by atoms with Gasteiger partial charge in [0.1, 0.15) is 11.4 Å². The first-order valence-corrected chi connectivity index (χ1v) is 5.85. The van der Waals surface area contributed by atoms with E-state index in [0.717, 1.165) is 11.6 Å². The summed E-state index contributed by atoms with van der Waals surface area (Å²) < 4.78 is 43.5. The summed E-state index contributed by atoms with van der Waals surface area (Å²) in [7, 11) is 1.51. The molecule has 0 aliphatic heterocycles. The highest BCUT2D eigenvalue weighted by Crippen LogP contribution is 2.37. The molecule has 18 heavy (non-hydrogen) atoms. The van der Waals surface area contributed by atoms with E-state index in [-0.39, 0.29) is 5.52 Å². The molecule has 6 heteroatoms. The maximum absolute atomic E-state index is 12.6. The van der Waals surface area contributed by atoms with E-state index in [4.69, 9.17) is 4.74 Å². The number of aromatic nitrogens is 1. The molecule has 0 radical (unpaired) electrons. The smallest absolute Gasteiger partial charge is 0.433 e. The topological polar surface area (TPSA) is 22.1 Å². The van der Waals surface area contributed by atoms with Crippen molar-refractivity contribution in [3.8, 4) is 5.75 Å². The number of aryl methyl sites for hydroxylation is 1. The van der Waals surface area contributed by atoms with Gasteiger partial charge in [-0.2, -0.15) is 13.2 Å². The molecule has 0 bridgehead atoms. The van der Waals surface area contributed by atoms with Crippen LogP contribution in [0.2, 0.25) is 0 Å². The first-order valence-electron chi connectivity index (χ1n) is 5.05. The van der Waals surface area contributed by atoms with Gasteiger partial charge < -0.3 is 4.74 Å². The van der Waals surface area contributed by atoms with Crippen molar-refractivity contribution in [2.24, 2.45) is 0 Å². The second kappa shape index (κ2) is 4.42. The highest BCUT2D eigenvalue weighted by atomic mass is 79.9. The Kier molecular flexibility index (Phi) is 3.23. The molecule has 0 saturated heterocycles. The number of rotatable bonds is 1. The molecule has 0 atom stereocenters. The minimum Gasteiger partial charge on any atom is -0.495 e. The molecule has 2 aromatic rings. The monoisotopic (exact) mass is 319 g/mol. The molecule has 0 amide bonds. The highest BCUT2D eigenvalue weighted by Gasteiger charge is 2.32. The maximum atomic E-state index is 12.6. The summed E-state index contributed by atoms with van der Waals surface area (Å²) in [4.78, 5) is 3.63. The van der Waals surface area contributed by atoms with Crippen LogP contribution in [-0.2, 0) is 6.18 Å². The molecule has 0 unspecified atom stereocenters. The van der Waals surface area contributed by atoms with E-state index >= 15 is 0 Å². The zero-order chi connectivity index (χ0) is 13.5. The quantitative estimate of drug-likeness (QED) is 0.780. The van der Waals surface area contributed by atoms with Crippen LogP contribution in [-0.4, -0.2) is 12.1 Å². The van der Waals surface area contributed by atoms with Crippen LogP contribution >= 0.6 is 15.9 Å². The molecule has 0 spiro atoms. The lowest BCUT2D eigenvalue weighted by Crippen LogP contribution is -2.07. The Morgan fingerprint density at radius 3 is 2.50 bits per heavy atom. The lowest BCUT2D eigenvalue weighted by molar-refractivity contribution is -0.140. The zero-order valence-corrected chi connectivity index (χ0v) is 11.2. The molecule has 0 N–H and O–H groups in total. The predicted molar refractivity (Wildman–Crippen MR) is 65.7 cm³/mol. The van der Waals surface area contributed by atoms with Crippen molar-refractivity contribution >= 4 is 26.8 Å². The van der Waals surface area contributed by atoms with Crippen molar-refractivity contribution in [1.82, 2.24) is 4.98 Å². The molecular formula is C12H9BrF3NO. The summed E-state index contributed by atoms with van der Waals surface area (Å²) in [5.41, 5.74) is 0.116. The van der Waals surface area contributed by atoms with Crippen LogP contribution in [0.3, 0.4) is 0 Å². The number of fused-ring (bicyclic) bond motifs is 1. The second-order valence-corrected chi connectivity index (χ2v) is 4.59. The number of ether oxygens (including phenoxy) is 1. The van der Waals surface area contributed by atoms with Crippen molar-refractivity contribution < 1.29 is 17.9 Å². The average molecular weight is 320 g/mol. The standard InChI is InChI=1S/C12H9BrF3NO/c1-6-5-8-7(10(13)11(6)18-2)3-4-9(17-8)12(14,15)16/h3-5H,1-2H3. The molecule has 0 fully saturated rings. The van der Waals surface area contributed by atoms with Crippen LogP contribution < -0.4 is 4.74 Å². The molecule has 1 aromatic heterocycles. The Morgan fingerprint density at radius 1 is 1.28 bits per heavy atom. The maximum Gasteiger partial charge on any atom is 0.433 e. The van der Waals surface area contributed by atoms with Crippen molar-refractivity contribution in [2.75, 3.05) is 7.11 Å². The van der Waals surface area contributed by atoms with Gasteiger partial charge in [-0.05, 0) is 46.6 Å². The van der Waals surface area contributed by atoms with Crippen LogP contribution in [0.15, 0.2) is 22.7 Å². The Labute approximate surface area is 110 Å². The van der Waals surface area contributed by atoms with Gasteiger partial charge in [0, 0.05) is 5.39 Å². The van der Waals surface area contributed by atoms with Crippen LogP contribution in [0.1, 0.15) is 11.3 Å². The van der Waals surface area contributed by atoms with Gasteiger partial charge in [-0.15, -0.1) is 0 Å². The number of halogens is 4. The number of pyridine rings is 1. The third-order valence-corrected chi connectivity index (χ3v) is 3.35. The first-order chi connectivity index (χ1) is 8.34. The molecule has 96 valence electrons. The Hall–Kier alpha value is -1.30. The summed E-state index contributed by atoms with van der Waals surface area (Å²) >= 11 is 3.32. The number of nitrogens with zero attached hydrogens (tertiary/aromatic N) is 1. The number of methoxy groups -OCH3 is 1. The van der Waals surface area contributed by atoms with Gasteiger partial charge >= 0.3 is 6.18 Å². The van der Waals surface area contributed by atoms with Crippen LogP contribution in [0.5, 0.6) is 5.75 Å². The Balaban J connectivity index is 2.74. The minimum absolute atomic E-state index is 0.287.